The lowest BCUT2D eigenvalue weighted by atomic mass is 9.90. The lowest BCUT2D eigenvalue weighted by molar-refractivity contribution is 0.0950. The Bertz CT molecular complexity index is 1000. The second-order valence-corrected chi connectivity index (χ2v) is 9.69. The Morgan fingerprint density at radius 2 is 1.72 bits per heavy atom. The Kier molecular flexibility index (Phi) is 7.64. The van der Waals surface area contributed by atoms with E-state index in [1.165, 1.54) is 37.9 Å². The molecule has 2 aromatic carbocycles. The number of aromatic nitrogens is 1. The van der Waals surface area contributed by atoms with Gasteiger partial charge in [0.1, 0.15) is 0 Å². The molecule has 0 unspecified atom stereocenters. The van der Waals surface area contributed by atoms with Crippen LogP contribution >= 0.6 is 0 Å². The summed E-state index contributed by atoms with van der Waals surface area (Å²) in [7, 11) is 0. The molecule has 3 aromatic rings. The van der Waals surface area contributed by atoms with E-state index in [4.69, 9.17) is 0 Å². The standard InChI is InChI=1S/C28H37N3O/c1-22(2)20-29-28(32)26-21-31(27-12-7-6-11-25(26)27)16-8-15-30-17-13-24(14-18-30)19-23-9-4-3-5-10-23/h3-7,9-12,21-22,24H,8,13-20H2,1-2H3,(H,29,32). The molecule has 2 heterocycles. The van der Waals surface area contributed by atoms with Crippen LogP contribution in [0.25, 0.3) is 10.9 Å². The summed E-state index contributed by atoms with van der Waals surface area (Å²) in [6.07, 6.45) is 6.95. The van der Waals surface area contributed by atoms with Crippen molar-refractivity contribution in [3.63, 3.8) is 0 Å². The molecule has 170 valence electrons. The van der Waals surface area contributed by atoms with Crippen LogP contribution in [0, 0.1) is 11.8 Å². The van der Waals surface area contributed by atoms with Crippen molar-refractivity contribution in [3.8, 4) is 0 Å². The van der Waals surface area contributed by atoms with E-state index in [2.05, 4.69) is 77.2 Å². The van der Waals surface area contributed by atoms with Crippen molar-refractivity contribution in [2.24, 2.45) is 11.8 Å². The minimum atomic E-state index is 0.0362. The fraction of sp³-hybridized carbons (Fsp3) is 0.464. The molecule has 0 spiro atoms. The average Bonchev–Trinajstić information content (AvgIpc) is 3.18. The fourth-order valence-corrected chi connectivity index (χ4v) is 4.83. The SMILES string of the molecule is CC(C)CNC(=O)c1cn(CCCN2CCC(Cc3ccccc3)CC2)c2ccccc12. The second kappa shape index (κ2) is 10.8. The van der Waals surface area contributed by atoms with E-state index in [1.54, 1.807) is 0 Å². The maximum absolute atomic E-state index is 12.7. The van der Waals surface area contributed by atoms with Gasteiger partial charge in [0.2, 0.25) is 0 Å². The number of likely N-dealkylation sites (tertiary alicyclic amines) is 1. The summed E-state index contributed by atoms with van der Waals surface area (Å²) in [4.78, 5) is 15.3. The van der Waals surface area contributed by atoms with Crippen LogP contribution in [0.1, 0.15) is 49.0 Å². The largest absolute Gasteiger partial charge is 0.352 e. The zero-order chi connectivity index (χ0) is 22.3. The highest BCUT2D eigenvalue weighted by atomic mass is 16.1. The van der Waals surface area contributed by atoms with Crippen molar-refractivity contribution in [1.82, 2.24) is 14.8 Å². The third-order valence-corrected chi connectivity index (χ3v) is 6.65. The topological polar surface area (TPSA) is 37.3 Å². The van der Waals surface area contributed by atoms with E-state index in [0.29, 0.717) is 12.5 Å². The molecule has 1 aliphatic heterocycles. The van der Waals surface area contributed by atoms with E-state index < -0.39 is 0 Å². The number of carbonyl (C=O) groups is 1. The number of aryl methyl sites for hydroxylation is 1. The van der Waals surface area contributed by atoms with Crippen LogP contribution in [0.5, 0.6) is 0 Å². The molecule has 4 nitrogen and oxygen atoms in total. The number of hydrogen-bond donors (Lipinski definition) is 1. The number of para-hydroxylation sites is 1. The number of nitrogens with one attached hydrogen (secondary N) is 1. The van der Waals surface area contributed by atoms with Crippen molar-refractivity contribution in [1.29, 1.82) is 0 Å². The molecular weight excluding hydrogens is 394 g/mol. The van der Waals surface area contributed by atoms with Gasteiger partial charge in [-0.25, -0.2) is 0 Å². The van der Waals surface area contributed by atoms with Crippen molar-refractivity contribution in [2.75, 3.05) is 26.2 Å². The second-order valence-electron chi connectivity index (χ2n) is 9.69. The first-order valence-electron chi connectivity index (χ1n) is 12.2. The molecule has 1 amide bonds. The molecule has 0 radical (unpaired) electrons. The zero-order valence-electron chi connectivity index (χ0n) is 19.6. The number of nitrogens with zero attached hydrogens (tertiary/aromatic N) is 2. The van der Waals surface area contributed by atoms with E-state index in [9.17, 15) is 4.79 Å². The molecule has 1 aliphatic rings. The molecule has 0 aliphatic carbocycles. The first-order chi connectivity index (χ1) is 15.6. The monoisotopic (exact) mass is 431 g/mol. The van der Waals surface area contributed by atoms with Crippen molar-refractivity contribution < 1.29 is 4.79 Å². The highest BCUT2D eigenvalue weighted by molar-refractivity contribution is 6.07. The van der Waals surface area contributed by atoms with Gasteiger partial charge >= 0.3 is 0 Å². The molecule has 0 saturated carbocycles. The number of carbonyl (C=O) groups excluding carboxylic acids is 1. The third-order valence-electron chi connectivity index (χ3n) is 6.65. The molecule has 4 rings (SSSR count). The predicted molar refractivity (Wildman–Crippen MR) is 133 cm³/mol. The first-order valence-corrected chi connectivity index (χ1v) is 12.2. The summed E-state index contributed by atoms with van der Waals surface area (Å²) in [5.41, 5.74) is 3.42. The molecule has 4 heteroatoms. The van der Waals surface area contributed by atoms with Gasteiger partial charge in [0.25, 0.3) is 5.91 Å². The molecule has 1 aromatic heterocycles. The molecule has 1 fully saturated rings. The Balaban J connectivity index is 1.29. The van der Waals surface area contributed by atoms with Gasteiger partial charge in [-0.1, -0.05) is 62.4 Å². The number of benzene rings is 2. The fourth-order valence-electron chi connectivity index (χ4n) is 4.83. The van der Waals surface area contributed by atoms with Crippen molar-refractivity contribution >= 4 is 16.8 Å². The zero-order valence-corrected chi connectivity index (χ0v) is 19.6. The van der Waals surface area contributed by atoms with Crippen LogP contribution in [0.2, 0.25) is 0 Å². The van der Waals surface area contributed by atoms with Crippen LogP contribution in [0.3, 0.4) is 0 Å². The number of piperidine rings is 1. The number of rotatable bonds is 9. The van der Waals surface area contributed by atoms with Gasteiger partial charge in [0.05, 0.1) is 5.56 Å². The van der Waals surface area contributed by atoms with Crippen LogP contribution in [-0.4, -0.2) is 41.6 Å². The Morgan fingerprint density at radius 1 is 1.00 bits per heavy atom. The molecule has 32 heavy (non-hydrogen) atoms. The lowest BCUT2D eigenvalue weighted by Crippen LogP contribution is -2.35. The molecule has 1 N–H and O–H groups in total. The highest BCUT2D eigenvalue weighted by Gasteiger charge is 2.19. The summed E-state index contributed by atoms with van der Waals surface area (Å²) < 4.78 is 2.27. The van der Waals surface area contributed by atoms with Crippen LogP contribution in [0.15, 0.2) is 60.8 Å². The average molecular weight is 432 g/mol. The maximum atomic E-state index is 12.7. The Labute approximate surface area is 192 Å². The first kappa shape index (κ1) is 22.6. The molecule has 0 bridgehead atoms. The molecule has 1 saturated heterocycles. The Morgan fingerprint density at radius 3 is 2.47 bits per heavy atom. The minimum absolute atomic E-state index is 0.0362. The van der Waals surface area contributed by atoms with E-state index in [0.717, 1.165) is 41.9 Å². The predicted octanol–water partition coefficient (Wildman–Crippen LogP) is 5.37. The van der Waals surface area contributed by atoms with Gasteiger partial charge in [0, 0.05) is 30.2 Å². The normalized spacial score (nSPS) is 15.5. The van der Waals surface area contributed by atoms with Gasteiger partial charge in [-0.3, -0.25) is 4.79 Å². The summed E-state index contributed by atoms with van der Waals surface area (Å²) in [6, 6.07) is 19.2. The Hall–Kier alpha value is -2.59. The van der Waals surface area contributed by atoms with E-state index in [-0.39, 0.29) is 5.91 Å². The van der Waals surface area contributed by atoms with Gasteiger partial charge in [-0.05, 0) is 68.8 Å². The lowest BCUT2D eigenvalue weighted by Gasteiger charge is -2.32. The van der Waals surface area contributed by atoms with Gasteiger partial charge in [0.15, 0.2) is 0 Å². The third kappa shape index (κ3) is 5.80. The van der Waals surface area contributed by atoms with Crippen LogP contribution in [0.4, 0.5) is 0 Å². The smallest absolute Gasteiger partial charge is 0.253 e. The number of amides is 1. The van der Waals surface area contributed by atoms with Crippen LogP contribution < -0.4 is 5.32 Å². The summed E-state index contributed by atoms with van der Waals surface area (Å²) in [6.45, 7) is 9.42. The maximum Gasteiger partial charge on any atom is 0.253 e. The van der Waals surface area contributed by atoms with Crippen LogP contribution in [-0.2, 0) is 13.0 Å². The van der Waals surface area contributed by atoms with Crippen molar-refractivity contribution in [2.45, 2.75) is 46.1 Å². The van der Waals surface area contributed by atoms with Gasteiger partial charge in [-0.2, -0.15) is 0 Å². The highest BCUT2D eigenvalue weighted by Crippen LogP contribution is 2.24. The van der Waals surface area contributed by atoms with E-state index >= 15 is 0 Å². The summed E-state index contributed by atoms with van der Waals surface area (Å²) >= 11 is 0. The molecule has 0 atom stereocenters. The summed E-state index contributed by atoms with van der Waals surface area (Å²) in [5.74, 6) is 1.30. The molecular formula is C28H37N3O. The van der Waals surface area contributed by atoms with Gasteiger partial charge < -0.3 is 14.8 Å². The minimum Gasteiger partial charge on any atom is -0.352 e. The number of fused-ring (bicyclic) bond motifs is 1. The summed E-state index contributed by atoms with van der Waals surface area (Å²) in [5, 5.41) is 4.12. The van der Waals surface area contributed by atoms with Gasteiger partial charge in [-0.15, -0.1) is 0 Å². The quantitative estimate of drug-likeness (QED) is 0.494. The van der Waals surface area contributed by atoms with Crippen molar-refractivity contribution in [3.05, 3.63) is 71.9 Å². The van der Waals surface area contributed by atoms with E-state index in [1.807, 2.05) is 12.3 Å². The number of hydrogen-bond acceptors (Lipinski definition) is 2.